The number of carbonyl (C=O) groups excluding carboxylic acids is 1. The van der Waals surface area contributed by atoms with Gasteiger partial charge in [0.15, 0.2) is 0 Å². The zero-order valence-electron chi connectivity index (χ0n) is 13.7. The normalized spacial score (nSPS) is 15.0. The fraction of sp³-hybridized carbons (Fsp3) is 0.471. The van der Waals surface area contributed by atoms with Gasteiger partial charge in [-0.05, 0) is 24.5 Å². The molecule has 0 bridgehead atoms. The number of piperazine rings is 1. The van der Waals surface area contributed by atoms with Crippen molar-refractivity contribution in [3.8, 4) is 0 Å². The van der Waals surface area contributed by atoms with E-state index in [4.69, 9.17) is 4.42 Å². The summed E-state index contributed by atoms with van der Waals surface area (Å²) < 4.78 is 5.44. The van der Waals surface area contributed by atoms with E-state index < -0.39 is 0 Å². The topological polar surface area (TPSA) is 62.5 Å². The first-order valence-corrected chi connectivity index (χ1v) is 8.01. The summed E-state index contributed by atoms with van der Waals surface area (Å²) in [5.74, 6) is 0.784. The molecule has 6 nitrogen and oxygen atoms in total. The fourth-order valence-corrected chi connectivity index (χ4v) is 2.85. The third-order valence-corrected chi connectivity index (χ3v) is 4.29. The molecule has 2 heterocycles. The maximum atomic E-state index is 12.4. The molecular formula is C17H22N4O2. The maximum absolute atomic E-state index is 12.4. The van der Waals surface area contributed by atoms with E-state index in [9.17, 15) is 4.79 Å². The Balaban J connectivity index is 1.49. The average molecular weight is 314 g/mol. The van der Waals surface area contributed by atoms with Crippen molar-refractivity contribution in [3.05, 3.63) is 41.3 Å². The standard InChI is InChI=1S/C17H22N4O2/c1-13-5-3-4-6-15(13)7-8-16(22)20-9-11-21(12-10-20)17-19-18-14(2)23-17/h3-6H,7-12H2,1-2H3. The molecule has 1 aromatic heterocycles. The average Bonchev–Trinajstić information content (AvgIpc) is 3.00. The number of amides is 1. The summed E-state index contributed by atoms with van der Waals surface area (Å²) in [6, 6.07) is 8.79. The first-order chi connectivity index (χ1) is 11.1. The molecule has 1 fully saturated rings. The van der Waals surface area contributed by atoms with Gasteiger partial charge in [-0.3, -0.25) is 4.79 Å². The van der Waals surface area contributed by atoms with E-state index in [1.807, 2.05) is 21.9 Å². The van der Waals surface area contributed by atoms with Crippen LogP contribution in [0.25, 0.3) is 0 Å². The van der Waals surface area contributed by atoms with Gasteiger partial charge in [0.25, 0.3) is 0 Å². The molecule has 6 heteroatoms. The van der Waals surface area contributed by atoms with Gasteiger partial charge in [0.1, 0.15) is 0 Å². The van der Waals surface area contributed by atoms with E-state index in [0.29, 0.717) is 31.4 Å². The smallest absolute Gasteiger partial charge is 0.318 e. The van der Waals surface area contributed by atoms with E-state index in [-0.39, 0.29) is 5.91 Å². The second kappa shape index (κ2) is 6.81. The van der Waals surface area contributed by atoms with Crippen LogP contribution >= 0.6 is 0 Å². The number of aromatic nitrogens is 2. The molecule has 0 atom stereocenters. The van der Waals surface area contributed by atoms with Crippen LogP contribution in [0.1, 0.15) is 23.4 Å². The van der Waals surface area contributed by atoms with Crippen LogP contribution in [0.3, 0.4) is 0 Å². The molecule has 23 heavy (non-hydrogen) atoms. The number of hydrogen-bond acceptors (Lipinski definition) is 5. The predicted octanol–water partition coefficient (Wildman–Crippen LogP) is 1.97. The van der Waals surface area contributed by atoms with Gasteiger partial charge in [0.05, 0.1) is 0 Å². The lowest BCUT2D eigenvalue weighted by Crippen LogP contribution is -2.49. The zero-order chi connectivity index (χ0) is 16.2. The highest BCUT2D eigenvalue weighted by Gasteiger charge is 2.23. The van der Waals surface area contributed by atoms with E-state index in [1.165, 1.54) is 11.1 Å². The Morgan fingerprint density at radius 3 is 2.52 bits per heavy atom. The molecule has 1 amide bonds. The molecule has 0 saturated carbocycles. The summed E-state index contributed by atoms with van der Waals surface area (Å²) in [4.78, 5) is 16.3. The number of aryl methyl sites for hydroxylation is 3. The first-order valence-electron chi connectivity index (χ1n) is 8.01. The summed E-state index contributed by atoms with van der Waals surface area (Å²) in [5.41, 5.74) is 2.50. The summed E-state index contributed by atoms with van der Waals surface area (Å²) in [7, 11) is 0. The van der Waals surface area contributed by atoms with Crippen LogP contribution in [0.4, 0.5) is 6.01 Å². The Labute approximate surface area is 136 Å². The van der Waals surface area contributed by atoms with Crippen molar-refractivity contribution in [3.63, 3.8) is 0 Å². The van der Waals surface area contributed by atoms with E-state index in [0.717, 1.165) is 19.5 Å². The molecule has 0 N–H and O–H groups in total. The lowest BCUT2D eigenvalue weighted by atomic mass is 10.0. The third-order valence-electron chi connectivity index (χ3n) is 4.29. The summed E-state index contributed by atoms with van der Waals surface area (Å²) >= 11 is 0. The molecule has 0 aliphatic carbocycles. The molecule has 1 aliphatic rings. The fourth-order valence-electron chi connectivity index (χ4n) is 2.85. The van der Waals surface area contributed by atoms with Gasteiger partial charge >= 0.3 is 6.01 Å². The second-order valence-corrected chi connectivity index (χ2v) is 5.90. The molecule has 2 aromatic rings. The molecule has 0 unspecified atom stereocenters. The van der Waals surface area contributed by atoms with Crippen LogP contribution < -0.4 is 4.90 Å². The van der Waals surface area contributed by atoms with Crippen molar-refractivity contribution in [1.82, 2.24) is 15.1 Å². The number of anilines is 1. The van der Waals surface area contributed by atoms with Gasteiger partial charge in [0.2, 0.25) is 11.8 Å². The summed E-state index contributed by atoms with van der Waals surface area (Å²) in [5, 5.41) is 7.88. The van der Waals surface area contributed by atoms with Crippen LogP contribution in [0, 0.1) is 13.8 Å². The minimum Gasteiger partial charge on any atom is -0.408 e. The molecule has 1 aliphatic heterocycles. The van der Waals surface area contributed by atoms with Crippen LogP contribution in [-0.2, 0) is 11.2 Å². The predicted molar refractivity (Wildman–Crippen MR) is 87.3 cm³/mol. The van der Waals surface area contributed by atoms with Gasteiger partial charge in [-0.2, -0.15) is 0 Å². The van der Waals surface area contributed by atoms with E-state index in [2.05, 4.69) is 29.3 Å². The molecular weight excluding hydrogens is 292 g/mol. The molecule has 3 rings (SSSR count). The van der Waals surface area contributed by atoms with Gasteiger partial charge in [-0.1, -0.05) is 29.4 Å². The molecule has 1 saturated heterocycles. The number of benzene rings is 1. The van der Waals surface area contributed by atoms with Crippen LogP contribution in [0.15, 0.2) is 28.7 Å². The van der Waals surface area contributed by atoms with Crippen molar-refractivity contribution in [1.29, 1.82) is 0 Å². The van der Waals surface area contributed by atoms with E-state index >= 15 is 0 Å². The Bertz CT molecular complexity index is 675. The van der Waals surface area contributed by atoms with E-state index in [1.54, 1.807) is 6.92 Å². The second-order valence-electron chi connectivity index (χ2n) is 5.90. The first kappa shape index (κ1) is 15.5. The van der Waals surface area contributed by atoms with Gasteiger partial charge in [-0.15, -0.1) is 5.10 Å². The van der Waals surface area contributed by atoms with Crippen LogP contribution in [0.5, 0.6) is 0 Å². The van der Waals surface area contributed by atoms with Crippen LogP contribution in [-0.4, -0.2) is 47.2 Å². The number of carbonyl (C=O) groups is 1. The highest BCUT2D eigenvalue weighted by molar-refractivity contribution is 5.76. The summed E-state index contributed by atoms with van der Waals surface area (Å²) in [6.45, 7) is 6.74. The number of nitrogens with zero attached hydrogens (tertiary/aromatic N) is 4. The van der Waals surface area contributed by atoms with Crippen LogP contribution in [0.2, 0.25) is 0 Å². The number of rotatable bonds is 4. The lowest BCUT2D eigenvalue weighted by molar-refractivity contribution is -0.131. The Morgan fingerprint density at radius 2 is 1.87 bits per heavy atom. The van der Waals surface area contributed by atoms with Crippen molar-refractivity contribution in [2.45, 2.75) is 26.7 Å². The monoisotopic (exact) mass is 314 g/mol. The quantitative estimate of drug-likeness (QED) is 0.863. The minimum atomic E-state index is 0.217. The number of hydrogen-bond donors (Lipinski definition) is 0. The minimum absolute atomic E-state index is 0.217. The lowest BCUT2D eigenvalue weighted by Gasteiger charge is -2.33. The van der Waals surface area contributed by atoms with Crippen molar-refractivity contribution < 1.29 is 9.21 Å². The largest absolute Gasteiger partial charge is 0.408 e. The van der Waals surface area contributed by atoms with Crippen molar-refractivity contribution >= 4 is 11.9 Å². The highest BCUT2D eigenvalue weighted by Crippen LogP contribution is 2.15. The Hall–Kier alpha value is -2.37. The molecule has 1 aromatic carbocycles. The Kier molecular flexibility index (Phi) is 4.60. The highest BCUT2D eigenvalue weighted by atomic mass is 16.4. The van der Waals surface area contributed by atoms with Crippen molar-refractivity contribution in [2.24, 2.45) is 0 Å². The van der Waals surface area contributed by atoms with Gasteiger partial charge in [-0.25, -0.2) is 0 Å². The maximum Gasteiger partial charge on any atom is 0.318 e. The van der Waals surface area contributed by atoms with Gasteiger partial charge < -0.3 is 14.2 Å². The zero-order valence-corrected chi connectivity index (χ0v) is 13.7. The third kappa shape index (κ3) is 3.70. The molecule has 0 spiro atoms. The van der Waals surface area contributed by atoms with Gasteiger partial charge in [0, 0.05) is 39.5 Å². The SMILES string of the molecule is Cc1nnc(N2CCN(C(=O)CCc3ccccc3C)CC2)o1. The Morgan fingerprint density at radius 1 is 1.13 bits per heavy atom. The molecule has 122 valence electrons. The van der Waals surface area contributed by atoms with Crippen molar-refractivity contribution in [2.75, 3.05) is 31.1 Å². The summed E-state index contributed by atoms with van der Waals surface area (Å²) in [6.07, 6.45) is 1.36. The molecule has 0 radical (unpaired) electrons.